The maximum atomic E-state index is 6.31. The largest absolute Gasteiger partial charge is 0.377 e. The summed E-state index contributed by atoms with van der Waals surface area (Å²) in [4.78, 5) is 2.52. The van der Waals surface area contributed by atoms with Crippen molar-refractivity contribution in [2.24, 2.45) is 5.73 Å². The Kier molecular flexibility index (Phi) is 7.09. The summed E-state index contributed by atoms with van der Waals surface area (Å²) in [7, 11) is 0. The molecular formula is C14H30N2O. The number of rotatable bonds is 8. The monoisotopic (exact) mass is 242 g/mol. The van der Waals surface area contributed by atoms with Crippen molar-refractivity contribution in [3.8, 4) is 0 Å². The van der Waals surface area contributed by atoms with Crippen LogP contribution < -0.4 is 5.73 Å². The van der Waals surface area contributed by atoms with Crippen molar-refractivity contribution < 1.29 is 4.74 Å². The van der Waals surface area contributed by atoms with E-state index in [9.17, 15) is 0 Å². The molecule has 1 fully saturated rings. The van der Waals surface area contributed by atoms with E-state index in [1.54, 1.807) is 0 Å². The Labute approximate surface area is 107 Å². The fourth-order valence-corrected chi connectivity index (χ4v) is 2.91. The zero-order valence-corrected chi connectivity index (χ0v) is 11.8. The van der Waals surface area contributed by atoms with E-state index in [1.807, 2.05) is 0 Å². The summed E-state index contributed by atoms with van der Waals surface area (Å²) in [6.07, 6.45) is 6.32. The predicted molar refractivity (Wildman–Crippen MR) is 73.2 cm³/mol. The van der Waals surface area contributed by atoms with E-state index in [2.05, 4.69) is 25.7 Å². The van der Waals surface area contributed by atoms with E-state index in [0.717, 1.165) is 32.5 Å². The number of nitrogens with two attached hydrogens (primary N) is 1. The molecule has 1 aliphatic heterocycles. The highest BCUT2D eigenvalue weighted by atomic mass is 16.5. The van der Waals surface area contributed by atoms with E-state index in [0.29, 0.717) is 18.2 Å². The van der Waals surface area contributed by atoms with Crippen molar-refractivity contribution in [1.29, 1.82) is 0 Å². The lowest BCUT2D eigenvalue weighted by atomic mass is 9.99. The Morgan fingerprint density at radius 2 is 2.12 bits per heavy atom. The van der Waals surface area contributed by atoms with Crippen LogP contribution in [-0.4, -0.2) is 42.8 Å². The van der Waals surface area contributed by atoms with Crippen LogP contribution in [0.4, 0.5) is 0 Å². The number of hydrogen-bond acceptors (Lipinski definition) is 3. The first-order chi connectivity index (χ1) is 8.22. The molecule has 102 valence electrons. The molecule has 0 aromatic heterocycles. The van der Waals surface area contributed by atoms with Crippen LogP contribution in [0.1, 0.15) is 52.9 Å². The lowest BCUT2D eigenvalue weighted by molar-refractivity contribution is 0.0521. The van der Waals surface area contributed by atoms with Gasteiger partial charge in [-0.3, -0.25) is 4.90 Å². The minimum Gasteiger partial charge on any atom is -0.377 e. The molecule has 0 saturated carbocycles. The van der Waals surface area contributed by atoms with Crippen LogP contribution in [0.2, 0.25) is 0 Å². The fraction of sp³-hybridized carbons (Fsp3) is 1.00. The number of hydrogen-bond donors (Lipinski definition) is 1. The molecule has 0 aliphatic carbocycles. The van der Waals surface area contributed by atoms with Gasteiger partial charge in [0, 0.05) is 25.2 Å². The van der Waals surface area contributed by atoms with Gasteiger partial charge in [-0.1, -0.05) is 27.2 Å². The van der Waals surface area contributed by atoms with Crippen molar-refractivity contribution in [2.45, 2.75) is 71.1 Å². The standard InChI is InChI=1S/C14H30N2O/c1-4-8-13(15)14(5-2)16(6-3)11-12-9-7-10-17-12/h12-14H,4-11,15H2,1-3H3. The van der Waals surface area contributed by atoms with Crippen LogP contribution in [0, 0.1) is 0 Å². The van der Waals surface area contributed by atoms with Gasteiger partial charge < -0.3 is 10.5 Å². The van der Waals surface area contributed by atoms with Crippen molar-refractivity contribution in [3.05, 3.63) is 0 Å². The van der Waals surface area contributed by atoms with Crippen molar-refractivity contribution in [2.75, 3.05) is 19.7 Å². The molecule has 0 bridgehead atoms. The highest BCUT2D eigenvalue weighted by Crippen LogP contribution is 2.18. The highest BCUT2D eigenvalue weighted by molar-refractivity contribution is 4.83. The van der Waals surface area contributed by atoms with Crippen LogP contribution in [0.25, 0.3) is 0 Å². The average molecular weight is 242 g/mol. The van der Waals surface area contributed by atoms with Gasteiger partial charge in [0.1, 0.15) is 0 Å². The second-order valence-electron chi connectivity index (χ2n) is 5.15. The van der Waals surface area contributed by atoms with Gasteiger partial charge >= 0.3 is 0 Å². The van der Waals surface area contributed by atoms with Crippen LogP contribution >= 0.6 is 0 Å². The third kappa shape index (κ3) is 4.57. The topological polar surface area (TPSA) is 38.5 Å². The Morgan fingerprint density at radius 1 is 1.35 bits per heavy atom. The molecule has 17 heavy (non-hydrogen) atoms. The second kappa shape index (κ2) is 8.06. The lowest BCUT2D eigenvalue weighted by Gasteiger charge is -2.35. The summed E-state index contributed by atoms with van der Waals surface area (Å²) >= 11 is 0. The third-order valence-electron chi connectivity index (χ3n) is 3.87. The molecule has 0 aromatic carbocycles. The van der Waals surface area contributed by atoms with E-state index in [1.165, 1.54) is 19.3 Å². The summed E-state index contributed by atoms with van der Waals surface area (Å²) < 4.78 is 5.74. The first-order valence-corrected chi connectivity index (χ1v) is 7.34. The summed E-state index contributed by atoms with van der Waals surface area (Å²) in [5.41, 5.74) is 6.31. The van der Waals surface area contributed by atoms with E-state index in [4.69, 9.17) is 10.5 Å². The van der Waals surface area contributed by atoms with Gasteiger partial charge in [0.05, 0.1) is 6.10 Å². The smallest absolute Gasteiger partial charge is 0.0702 e. The first kappa shape index (κ1) is 14.9. The predicted octanol–water partition coefficient (Wildman–Crippen LogP) is 2.39. The molecule has 0 amide bonds. The SMILES string of the molecule is CCCC(N)C(CC)N(CC)CC1CCCO1. The Bertz CT molecular complexity index is 193. The van der Waals surface area contributed by atoms with Gasteiger partial charge in [-0.25, -0.2) is 0 Å². The van der Waals surface area contributed by atoms with Crippen LogP contribution in [0.15, 0.2) is 0 Å². The summed E-state index contributed by atoms with van der Waals surface area (Å²) in [6, 6.07) is 0.829. The molecule has 1 saturated heterocycles. The molecule has 3 unspecified atom stereocenters. The van der Waals surface area contributed by atoms with E-state index >= 15 is 0 Å². The molecule has 3 heteroatoms. The van der Waals surface area contributed by atoms with Gasteiger partial charge in [0.15, 0.2) is 0 Å². The highest BCUT2D eigenvalue weighted by Gasteiger charge is 2.26. The molecule has 0 radical (unpaired) electrons. The zero-order chi connectivity index (χ0) is 12.7. The Hall–Kier alpha value is -0.120. The molecule has 3 nitrogen and oxygen atoms in total. The number of nitrogens with zero attached hydrogens (tertiary/aromatic N) is 1. The van der Waals surface area contributed by atoms with Crippen LogP contribution in [0.5, 0.6) is 0 Å². The first-order valence-electron chi connectivity index (χ1n) is 7.34. The van der Waals surface area contributed by atoms with Crippen LogP contribution in [0.3, 0.4) is 0 Å². The lowest BCUT2D eigenvalue weighted by Crippen LogP contribution is -2.49. The van der Waals surface area contributed by atoms with Gasteiger partial charge in [-0.05, 0) is 32.2 Å². The Balaban J connectivity index is 2.48. The quantitative estimate of drug-likeness (QED) is 0.710. The minimum absolute atomic E-state index is 0.311. The Morgan fingerprint density at radius 3 is 2.59 bits per heavy atom. The van der Waals surface area contributed by atoms with Gasteiger partial charge in [0.25, 0.3) is 0 Å². The molecule has 1 aliphatic rings. The molecule has 3 atom stereocenters. The van der Waals surface area contributed by atoms with Crippen LogP contribution in [-0.2, 0) is 4.74 Å². The summed E-state index contributed by atoms with van der Waals surface area (Å²) in [6.45, 7) is 9.78. The molecule has 2 N–H and O–H groups in total. The fourth-order valence-electron chi connectivity index (χ4n) is 2.91. The molecule has 1 heterocycles. The molecule has 0 spiro atoms. The van der Waals surface area contributed by atoms with Crippen molar-refractivity contribution >= 4 is 0 Å². The normalized spacial score (nSPS) is 24.2. The van der Waals surface area contributed by atoms with Gasteiger partial charge in [0.2, 0.25) is 0 Å². The summed E-state index contributed by atoms with van der Waals surface area (Å²) in [5.74, 6) is 0. The van der Waals surface area contributed by atoms with Crippen molar-refractivity contribution in [3.63, 3.8) is 0 Å². The average Bonchev–Trinajstić information content (AvgIpc) is 2.81. The number of likely N-dealkylation sites (N-methyl/N-ethyl adjacent to an activating group) is 1. The molecular weight excluding hydrogens is 212 g/mol. The molecule has 0 aromatic rings. The maximum Gasteiger partial charge on any atom is 0.0702 e. The van der Waals surface area contributed by atoms with E-state index in [-0.39, 0.29) is 0 Å². The third-order valence-corrected chi connectivity index (χ3v) is 3.87. The maximum absolute atomic E-state index is 6.31. The number of ether oxygens (including phenoxy) is 1. The van der Waals surface area contributed by atoms with Gasteiger partial charge in [-0.15, -0.1) is 0 Å². The summed E-state index contributed by atoms with van der Waals surface area (Å²) in [5, 5.41) is 0. The second-order valence-corrected chi connectivity index (χ2v) is 5.15. The minimum atomic E-state index is 0.311. The zero-order valence-electron chi connectivity index (χ0n) is 11.8. The van der Waals surface area contributed by atoms with Gasteiger partial charge in [-0.2, -0.15) is 0 Å². The van der Waals surface area contributed by atoms with E-state index < -0.39 is 0 Å². The van der Waals surface area contributed by atoms with Crippen molar-refractivity contribution in [1.82, 2.24) is 4.90 Å². The molecule has 1 rings (SSSR count).